The van der Waals surface area contributed by atoms with Crippen molar-refractivity contribution < 1.29 is 28.9 Å². The zero-order valence-corrected chi connectivity index (χ0v) is 19.8. The van der Waals surface area contributed by atoms with Crippen LogP contribution in [0.2, 0.25) is 0 Å². The van der Waals surface area contributed by atoms with Crippen molar-refractivity contribution in [3.8, 4) is 0 Å². The van der Waals surface area contributed by atoms with Gasteiger partial charge in [-0.3, -0.25) is 4.79 Å². The molecule has 2 saturated carbocycles. The van der Waals surface area contributed by atoms with E-state index in [0.717, 1.165) is 5.56 Å². The first-order valence-electron chi connectivity index (χ1n) is 11.9. The van der Waals surface area contributed by atoms with Gasteiger partial charge >= 0.3 is 6.09 Å². The fourth-order valence-electron chi connectivity index (χ4n) is 6.17. The van der Waals surface area contributed by atoms with Gasteiger partial charge in [-0.1, -0.05) is 26.0 Å². The summed E-state index contributed by atoms with van der Waals surface area (Å²) in [5.74, 6) is -0.785. The number of nitrogens with one attached hydrogen (secondary N) is 2. The first-order valence-corrected chi connectivity index (χ1v) is 11.9. The van der Waals surface area contributed by atoms with Gasteiger partial charge in [0.15, 0.2) is 0 Å². The largest absolute Gasteiger partial charge is 0.446 e. The highest BCUT2D eigenvalue weighted by Gasteiger charge is 2.60. The monoisotopic (exact) mass is 464 g/mol. The fraction of sp³-hybridized carbons (Fsp3) is 0.680. The van der Waals surface area contributed by atoms with E-state index in [0.29, 0.717) is 38.8 Å². The van der Waals surface area contributed by atoms with Crippen molar-refractivity contribution in [1.82, 2.24) is 10.6 Å². The number of carbonyl (C=O) groups excluding carboxylic acids is 2. The van der Waals surface area contributed by atoms with Crippen LogP contribution in [0, 0.1) is 28.5 Å². The van der Waals surface area contributed by atoms with Crippen molar-refractivity contribution in [2.45, 2.75) is 71.6 Å². The minimum absolute atomic E-state index is 0.0125. The predicted molar refractivity (Wildman–Crippen MR) is 122 cm³/mol. The summed E-state index contributed by atoms with van der Waals surface area (Å²) < 4.78 is 18.8. The van der Waals surface area contributed by atoms with Gasteiger partial charge in [-0.2, -0.15) is 0 Å². The summed E-state index contributed by atoms with van der Waals surface area (Å²) in [5, 5.41) is 26.8. The number of halogens is 1. The highest BCUT2D eigenvalue weighted by molar-refractivity contribution is 5.76. The molecule has 0 radical (unpaired) electrons. The Morgan fingerprint density at radius 3 is 2.48 bits per heavy atom. The van der Waals surface area contributed by atoms with E-state index < -0.39 is 23.7 Å². The zero-order chi connectivity index (χ0) is 24.2. The summed E-state index contributed by atoms with van der Waals surface area (Å²) in [6.07, 6.45) is 1.09. The van der Waals surface area contributed by atoms with Crippen LogP contribution in [0.5, 0.6) is 0 Å². The SMILES string of the molecule is CCNC(=O)O[C@@H]1CC[C@]2(C)[C@@H](CC[C@@H](O)[C@H]2CC(=O)NCc2ccc(F)cc2)[C@]1(C)CO. The van der Waals surface area contributed by atoms with Crippen molar-refractivity contribution in [3.05, 3.63) is 35.6 Å². The molecule has 2 fully saturated rings. The number of benzene rings is 1. The van der Waals surface area contributed by atoms with Gasteiger partial charge in [0.1, 0.15) is 11.9 Å². The lowest BCUT2D eigenvalue weighted by atomic mass is 9.46. The van der Waals surface area contributed by atoms with Gasteiger partial charge in [-0.05, 0) is 67.6 Å². The van der Waals surface area contributed by atoms with E-state index in [2.05, 4.69) is 17.6 Å². The van der Waals surface area contributed by atoms with Gasteiger partial charge in [0.05, 0.1) is 12.7 Å². The van der Waals surface area contributed by atoms with Crippen LogP contribution in [-0.2, 0) is 16.1 Å². The zero-order valence-electron chi connectivity index (χ0n) is 19.8. The van der Waals surface area contributed by atoms with Crippen LogP contribution in [0.1, 0.15) is 58.4 Å². The molecular formula is C25H37FN2O5. The molecule has 2 aliphatic rings. The maximum atomic E-state index is 13.1. The number of fused-ring (bicyclic) bond motifs is 1. The normalized spacial score (nSPS) is 33.6. The summed E-state index contributed by atoms with van der Waals surface area (Å²) in [6, 6.07) is 5.97. The maximum Gasteiger partial charge on any atom is 0.407 e. The van der Waals surface area contributed by atoms with E-state index in [9.17, 15) is 24.2 Å². The number of amides is 2. The second-order valence-corrected chi connectivity index (χ2v) is 10.0. The Morgan fingerprint density at radius 2 is 1.85 bits per heavy atom. The van der Waals surface area contributed by atoms with Gasteiger partial charge in [-0.15, -0.1) is 0 Å². The van der Waals surface area contributed by atoms with Gasteiger partial charge in [0, 0.05) is 24.9 Å². The number of hydrogen-bond acceptors (Lipinski definition) is 5. The molecule has 8 heteroatoms. The third kappa shape index (κ3) is 5.32. The second-order valence-electron chi connectivity index (χ2n) is 10.0. The molecule has 0 heterocycles. The number of alkyl carbamates (subject to hydrolysis) is 1. The molecule has 1 aromatic rings. The first kappa shape index (κ1) is 25.4. The number of aliphatic hydroxyl groups excluding tert-OH is 2. The molecule has 184 valence electrons. The Kier molecular flexibility index (Phi) is 8.00. The molecule has 0 aliphatic heterocycles. The predicted octanol–water partition coefficient (Wildman–Crippen LogP) is 3.13. The molecule has 0 unspecified atom stereocenters. The smallest absolute Gasteiger partial charge is 0.407 e. The Bertz CT molecular complexity index is 835. The number of aliphatic hydroxyl groups is 2. The van der Waals surface area contributed by atoms with Gasteiger partial charge in [0.2, 0.25) is 5.91 Å². The van der Waals surface area contributed by atoms with Crippen LogP contribution >= 0.6 is 0 Å². The summed E-state index contributed by atoms with van der Waals surface area (Å²) in [6.45, 7) is 6.47. The molecular weight excluding hydrogens is 427 g/mol. The van der Waals surface area contributed by atoms with Crippen LogP contribution in [0.4, 0.5) is 9.18 Å². The lowest BCUT2D eigenvalue weighted by Crippen LogP contribution is -2.61. The summed E-state index contributed by atoms with van der Waals surface area (Å²) in [4.78, 5) is 24.9. The van der Waals surface area contributed by atoms with E-state index in [1.165, 1.54) is 12.1 Å². The maximum absolute atomic E-state index is 13.1. The molecule has 4 N–H and O–H groups in total. The molecule has 33 heavy (non-hydrogen) atoms. The molecule has 3 rings (SSSR count). The first-order chi connectivity index (χ1) is 15.6. The molecule has 0 aromatic heterocycles. The minimum atomic E-state index is -0.666. The summed E-state index contributed by atoms with van der Waals surface area (Å²) >= 11 is 0. The Labute approximate surface area is 195 Å². The highest BCUT2D eigenvalue weighted by Crippen LogP contribution is 2.61. The van der Waals surface area contributed by atoms with Gasteiger partial charge < -0.3 is 25.6 Å². The molecule has 2 amide bonds. The molecule has 0 saturated heterocycles. The van der Waals surface area contributed by atoms with Crippen molar-refractivity contribution in [2.75, 3.05) is 13.2 Å². The number of ether oxygens (including phenoxy) is 1. The molecule has 2 aliphatic carbocycles. The van der Waals surface area contributed by atoms with Crippen molar-refractivity contribution in [3.63, 3.8) is 0 Å². The minimum Gasteiger partial charge on any atom is -0.446 e. The Morgan fingerprint density at radius 1 is 1.15 bits per heavy atom. The topological polar surface area (TPSA) is 108 Å². The van der Waals surface area contributed by atoms with Crippen LogP contribution < -0.4 is 10.6 Å². The van der Waals surface area contributed by atoms with Crippen LogP contribution in [0.3, 0.4) is 0 Å². The Balaban J connectivity index is 1.72. The fourth-order valence-corrected chi connectivity index (χ4v) is 6.17. The average Bonchev–Trinajstić information content (AvgIpc) is 2.78. The van der Waals surface area contributed by atoms with Crippen molar-refractivity contribution in [1.29, 1.82) is 0 Å². The third-order valence-electron chi connectivity index (χ3n) is 8.05. The molecule has 1 aromatic carbocycles. The molecule has 0 spiro atoms. The highest BCUT2D eigenvalue weighted by atomic mass is 19.1. The van der Waals surface area contributed by atoms with E-state index in [4.69, 9.17) is 4.74 Å². The number of hydrogen-bond donors (Lipinski definition) is 4. The van der Waals surface area contributed by atoms with E-state index in [1.807, 2.05) is 13.8 Å². The lowest BCUT2D eigenvalue weighted by molar-refractivity contribution is -0.185. The van der Waals surface area contributed by atoms with E-state index >= 15 is 0 Å². The van der Waals surface area contributed by atoms with Gasteiger partial charge in [-0.25, -0.2) is 9.18 Å². The van der Waals surface area contributed by atoms with Crippen molar-refractivity contribution in [2.24, 2.45) is 22.7 Å². The summed E-state index contributed by atoms with van der Waals surface area (Å²) in [7, 11) is 0. The quantitative estimate of drug-likeness (QED) is 0.496. The van der Waals surface area contributed by atoms with Crippen LogP contribution in [-0.4, -0.2) is 47.6 Å². The van der Waals surface area contributed by atoms with E-state index in [1.54, 1.807) is 12.1 Å². The summed E-state index contributed by atoms with van der Waals surface area (Å²) in [5.41, 5.74) is -0.251. The lowest BCUT2D eigenvalue weighted by Gasteiger charge is -2.60. The number of carbonyl (C=O) groups is 2. The number of rotatable bonds is 7. The second kappa shape index (κ2) is 10.4. The average molecular weight is 465 g/mol. The standard InChI is InChI=1S/C25H37FN2O5/c1-4-27-23(32)33-21-11-12-24(2)18(19(30)9-10-20(24)25(21,3)15-29)13-22(31)28-14-16-5-7-17(26)8-6-16/h5-8,18-21,29-30H,4,9-15H2,1-3H3,(H,27,32)(H,28,31)/t18-,19-,20-,21-,24+,25+/m1/s1. The Hall–Kier alpha value is -2.19. The molecule has 7 nitrogen and oxygen atoms in total. The third-order valence-corrected chi connectivity index (χ3v) is 8.05. The van der Waals surface area contributed by atoms with Crippen LogP contribution in [0.15, 0.2) is 24.3 Å². The van der Waals surface area contributed by atoms with Gasteiger partial charge in [0.25, 0.3) is 0 Å². The van der Waals surface area contributed by atoms with E-state index in [-0.39, 0.29) is 42.0 Å². The van der Waals surface area contributed by atoms with Crippen molar-refractivity contribution >= 4 is 12.0 Å². The molecule has 0 bridgehead atoms. The molecule has 6 atom stereocenters. The van der Waals surface area contributed by atoms with Crippen LogP contribution in [0.25, 0.3) is 0 Å².